The van der Waals surface area contributed by atoms with Crippen LogP contribution >= 0.6 is 0 Å². The quantitative estimate of drug-likeness (QED) is 0.925. The first-order chi connectivity index (χ1) is 9.78. The van der Waals surface area contributed by atoms with Crippen LogP contribution in [0.25, 0.3) is 0 Å². The minimum absolute atomic E-state index is 0.124. The van der Waals surface area contributed by atoms with E-state index in [-0.39, 0.29) is 6.10 Å². The van der Waals surface area contributed by atoms with Gasteiger partial charge < -0.3 is 10.1 Å². The average Bonchev–Trinajstić information content (AvgIpc) is 2.88. The molecule has 1 unspecified atom stereocenters. The Kier molecular flexibility index (Phi) is 3.30. The van der Waals surface area contributed by atoms with Crippen molar-refractivity contribution in [3.05, 3.63) is 59.2 Å². The molecule has 3 nitrogen and oxygen atoms in total. The van der Waals surface area contributed by atoms with E-state index < -0.39 is 0 Å². The number of aryl methyl sites for hydroxylation is 1. The maximum absolute atomic E-state index is 9.16. The molecule has 3 heteroatoms. The Hall–Kier alpha value is -2.47. The standard InChI is InChI=1S/C17H16N2O/c1-12-5-4-7-14(10-18)17(12)19-11-15-9-13-6-2-3-8-16(13)20-15/h2-8,15,19H,9,11H2,1H3. The van der Waals surface area contributed by atoms with Crippen LogP contribution in [-0.2, 0) is 6.42 Å². The van der Waals surface area contributed by atoms with Crippen molar-refractivity contribution in [3.63, 3.8) is 0 Å². The molecule has 0 radical (unpaired) electrons. The van der Waals surface area contributed by atoms with Gasteiger partial charge in [0.2, 0.25) is 0 Å². The highest BCUT2D eigenvalue weighted by Crippen LogP contribution is 2.28. The summed E-state index contributed by atoms with van der Waals surface area (Å²) in [4.78, 5) is 0. The van der Waals surface area contributed by atoms with E-state index in [4.69, 9.17) is 10.00 Å². The molecule has 1 heterocycles. The van der Waals surface area contributed by atoms with Crippen LogP contribution < -0.4 is 10.1 Å². The van der Waals surface area contributed by atoms with E-state index in [1.165, 1.54) is 5.56 Å². The molecule has 0 spiro atoms. The zero-order valence-electron chi connectivity index (χ0n) is 11.4. The highest BCUT2D eigenvalue weighted by atomic mass is 16.5. The van der Waals surface area contributed by atoms with Crippen LogP contribution in [0.3, 0.4) is 0 Å². The molecule has 0 aromatic heterocycles. The molecule has 100 valence electrons. The molecule has 0 fully saturated rings. The number of rotatable bonds is 3. The zero-order valence-corrected chi connectivity index (χ0v) is 11.4. The number of para-hydroxylation sites is 2. The van der Waals surface area contributed by atoms with E-state index in [1.807, 2.05) is 43.3 Å². The van der Waals surface area contributed by atoms with E-state index in [0.717, 1.165) is 23.4 Å². The zero-order chi connectivity index (χ0) is 13.9. The van der Waals surface area contributed by atoms with Gasteiger partial charge in [-0.3, -0.25) is 0 Å². The number of nitriles is 1. The summed E-state index contributed by atoms with van der Waals surface area (Å²) < 4.78 is 5.90. The highest BCUT2D eigenvalue weighted by Gasteiger charge is 2.22. The lowest BCUT2D eigenvalue weighted by Gasteiger charge is -2.15. The predicted octanol–water partition coefficient (Wildman–Crippen LogP) is 3.28. The third kappa shape index (κ3) is 2.33. The van der Waals surface area contributed by atoms with Crippen LogP contribution in [0.1, 0.15) is 16.7 Å². The van der Waals surface area contributed by atoms with Crippen molar-refractivity contribution in [1.82, 2.24) is 0 Å². The monoisotopic (exact) mass is 264 g/mol. The number of nitrogens with zero attached hydrogens (tertiary/aromatic N) is 1. The van der Waals surface area contributed by atoms with Gasteiger partial charge in [0.25, 0.3) is 0 Å². The molecule has 1 aliphatic heterocycles. The number of nitrogens with one attached hydrogen (secondary N) is 1. The summed E-state index contributed by atoms with van der Waals surface area (Å²) >= 11 is 0. The normalized spacial score (nSPS) is 16.1. The van der Waals surface area contributed by atoms with Crippen LogP contribution in [0.2, 0.25) is 0 Å². The first-order valence-corrected chi connectivity index (χ1v) is 6.76. The fourth-order valence-electron chi connectivity index (χ4n) is 2.58. The summed E-state index contributed by atoms with van der Waals surface area (Å²) in [5.41, 5.74) is 3.93. The number of hydrogen-bond acceptors (Lipinski definition) is 3. The van der Waals surface area contributed by atoms with Crippen LogP contribution in [0.15, 0.2) is 42.5 Å². The summed E-state index contributed by atoms with van der Waals surface area (Å²) in [5.74, 6) is 0.976. The fraction of sp³-hybridized carbons (Fsp3) is 0.235. The highest BCUT2D eigenvalue weighted by molar-refractivity contribution is 5.62. The predicted molar refractivity (Wildman–Crippen MR) is 78.9 cm³/mol. The second-order valence-electron chi connectivity index (χ2n) is 5.04. The number of ether oxygens (including phenoxy) is 1. The number of hydrogen-bond donors (Lipinski definition) is 1. The summed E-state index contributed by atoms with van der Waals surface area (Å²) in [5, 5.41) is 12.5. The third-order valence-corrected chi connectivity index (χ3v) is 3.61. The van der Waals surface area contributed by atoms with Gasteiger partial charge in [-0.05, 0) is 30.2 Å². The second kappa shape index (κ2) is 5.26. The Morgan fingerprint density at radius 3 is 2.90 bits per heavy atom. The van der Waals surface area contributed by atoms with Crippen LogP contribution in [0, 0.1) is 18.3 Å². The van der Waals surface area contributed by atoms with Gasteiger partial charge in [-0.1, -0.05) is 30.3 Å². The summed E-state index contributed by atoms with van der Waals surface area (Å²) in [6, 6.07) is 16.1. The maximum Gasteiger partial charge on any atom is 0.123 e. The van der Waals surface area contributed by atoms with Crippen molar-refractivity contribution in [2.75, 3.05) is 11.9 Å². The summed E-state index contributed by atoms with van der Waals surface area (Å²) in [7, 11) is 0. The smallest absolute Gasteiger partial charge is 0.123 e. The van der Waals surface area contributed by atoms with Crippen molar-refractivity contribution in [2.45, 2.75) is 19.4 Å². The number of fused-ring (bicyclic) bond motifs is 1. The Labute approximate surface area is 118 Å². The van der Waals surface area contributed by atoms with Crippen LogP contribution in [-0.4, -0.2) is 12.6 Å². The lowest BCUT2D eigenvalue weighted by molar-refractivity contribution is 0.246. The van der Waals surface area contributed by atoms with Gasteiger partial charge in [0, 0.05) is 6.42 Å². The Balaban J connectivity index is 1.69. The first kappa shape index (κ1) is 12.6. The molecule has 2 aromatic carbocycles. The minimum Gasteiger partial charge on any atom is -0.488 e. The Morgan fingerprint density at radius 1 is 1.25 bits per heavy atom. The second-order valence-corrected chi connectivity index (χ2v) is 5.04. The van der Waals surface area contributed by atoms with Gasteiger partial charge in [-0.15, -0.1) is 0 Å². The first-order valence-electron chi connectivity index (χ1n) is 6.76. The molecule has 0 saturated heterocycles. The van der Waals surface area contributed by atoms with Crippen LogP contribution in [0.4, 0.5) is 5.69 Å². The summed E-state index contributed by atoms with van der Waals surface area (Å²) in [6.45, 7) is 2.71. The van der Waals surface area contributed by atoms with Gasteiger partial charge in [-0.2, -0.15) is 5.26 Å². The van der Waals surface area contributed by atoms with E-state index in [9.17, 15) is 0 Å². The molecule has 20 heavy (non-hydrogen) atoms. The lowest BCUT2D eigenvalue weighted by Crippen LogP contribution is -2.24. The lowest BCUT2D eigenvalue weighted by atomic mass is 10.1. The van der Waals surface area contributed by atoms with Gasteiger partial charge in [0.1, 0.15) is 17.9 Å². The van der Waals surface area contributed by atoms with E-state index in [2.05, 4.69) is 17.5 Å². The molecule has 1 aliphatic rings. The SMILES string of the molecule is Cc1cccc(C#N)c1NCC1Cc2ccccc2O1. The Bertz CT molecular complexity index is 648. The molecule has 0 amide bonds. The van der Waals surface area contributed by atoms with Crippen LogP contribution in [0.5, 0.6) is 5.75 Å². The van der Waals surface area contributed by atoms with Crippen molar-refractivity contribution in [3.8, 4) is 11.8 Å². The van der Waals surface area contributed by atoms with E-state index in [1.54, 1.807) is 0 Å². The van der Waals surface area contributed by atoms with Crippen molar-refractivity contribution in [1.29, 1.82) is 5.26 Å². The minimum atomic E-state index is 0.124. The third-order valence-electron chi connectivity index (χ3n) is 3.61. The number of anilines is 1. The molecule has 0 aliphatic carbocycles. The van der Waals surface area contributed by atoms with Crippen molar-refractivity contribution in [2.24, 2.45) is 0 Å². The van der Waals surface area contributed by atoms with Gasteiger partial charge in [0.05, 0.1) is 17.8 Å². The molecular weight excluding hydrogens is 248 g/mol. The van der Waals surface area contributed by atoms with Crippen molar-refractivity contribution < 1.29 is 4.74 Å². The van der Waals surface area contributed by atoms with Crippen molar-refractivity contribution >= 4 is 5.69 Å². The molecule has 1 atom stereocenters. The van der Waals surface area contributed by atoms with E-state index in [0.29, 0.717) is 12.1 Å². The van der Waals surface area contributed by atoms with E-state index >= 15 is 0 Å². The molecule has 1 N–H and O–H groups in total. The Morgan fingerprint density at radius 2 is 2.10 bits per heavy atom. The van der Waals surface area contributed by atoms with Gasteiger partial charge in [-0.25, -0.2) is 0 Å². The van der Waals surface area contributed by atoms with Gasteiger partial charge >= 0.3 is 0 Å². The average molecular weight is 264 g/mol. The van der Waals surface area contributed by atoms with Gasteiger partial charge in [0.15, 0.2) is 0 Å². The maximum atomic E-state index is 9.16. The fourth-order valence-corrected chi connectivity index (χ4v) is 2.58. The molecule has 0 bridgehead atoms. The molecule has 3 rings (SSSR count). The molecule has 0 saturated carbocycles. The topological polar surface area (TPSA) is 45.0 Å². The largest absolute Gasteiger partial charge is 0.488 e. The summed E-state index contributed by atoms with van der Waals surface area (Å²) in [6.07, 6.45) is 1.04. The number of benzene rings is 2. The molecule has 2 aromatic rings. The molecular formula is C17H16N2O.